The number of aryl methyl sites for hydroxylation is 1. The zero-order valence-electron chi connectivity index (χ0n) is 12.7. The van der Waals surface area contributed by atoms with E-state index in [1.54, 1.807) is 0 Å². The standard InChI is InChI=1S/C18H16BrNS2/c1-11-4-6-15-17(8-11)22-18(20(15)3)12(2)9-13-10-14(19)5-7-16(13)21-18/h4-10H,1-3H3. The van der Waals surface area contributed by atoms with Crippen LogP contribution in [0.4, 0.5) is 5.69 Å². The molecule has 0 bridgehead atoms. The SMILES string of the molecule is CC1=Cc2cc(Br)ccc2SC12Sc1cc(C)ccc1N2C. The van der Waals surface area contributed by atoms with Crippen molar-refractivity contribution >= 4 is 51.2 Å². The zero-order valence-corrected chi connectivity index (χ0v) is 15.9. The van der Waals surface area contributed by atoms with Gasteiger partial charge < -0.3 is 4.90 Å². The third-order valence-electron chi connectivity index (χ3n) is 4.26. The molecule has 2 aliphatic heterocycles. The molecule has 1 atom stereocenters. The van der Waals surface area contributed by atoms with Crippen LogP contribution in [0.1, 0.15) is 18.1 Å². The number of benzene rings is 2. The van der Waals surface area contributed by atoms with Crippen LogP contribution in [0, 0.1) is 6.92 Å². The number of hydrogen-bond acceptors (Lipinski definition) is 3. The lowest BCUT2D eigenvalue weighted by Gasteiger charge is -2.39. The average molecular weight is 390 g/mol. The molecule has 4 heteroatoms. The van der Waals surface area contributed by atoms with E-state index in [1.165, 1.54) is 32.2 Å². The van der Waals surface area contributed by atoms with E-state index in [2.05, 4.69) is 84.2 Å². The molecule has 112 valence electrons. The maximum Gasteiger partial charge on any atom is 0.164 e. The molecule has 2 aliphatic rings. The lowest BCUT2D eigenvalue weighted by atomic mass is 10.1. The fourth-order valence-electron chi connectivity index (χ4n) is 3.07. The normalized spacial score (nSPS) is 22.5. The summed E-state index contributed by atoms with van der Waals surface area (Å²) in [6.45, 7) is 4.41. The van der Waals surface area contributed by atoms with Crippen molar-refractivity contribution in [1.29, 1.82) is 0 Å². The van der Waals surface area contributed by atoms with E-state index in [9.17, 15) is 0 Å². The van der Waals surface area contributed by atoms with Crippen LogP contribution in [0.5, 0.6) is 0 Å². The number of hydrogen-bond donors (Lipinski definition) is 0. The number of thioether (sulfide) groups is 2. The maximum atomic E-state index is 3.57. The highest BCUT2D eigenvalue weighted by atomic mass is 79.9. The molecule has 0 aliphatic carbocycles. The van der Waals surface area contributed by atoms with E-state index < -0.39 is 0 Å². The number of likely N-dealkylation sites (N-methyl/N-ethyl adjacent to an activating group) is 1. The summed E-state index contributed by atoms with van der Waals surface area (Å²) in [5.74, 6) is 0. The summed E-state index contributed by atoms with van der Waals surface area (Å²) >= 11 is 7.49. The minimum Gasteiger partial charge on any atom is -0.347 e. The Labute approximate surface area is 148 Å². The van der Waals surface area contributed by atoms with Crippen LogP contribution in [-0.4, -0.2) is 11.3 Å². The summed E-state index contributed by atoms with van der Waals surface area (Å²) in [7, 11) is 2.21. The predicted octanol–water partition coefficient (Wildman–Crippen LogP) is 6.16. The minimum atomic E-state index is -0.0586. The first-order chi connectivity index (χ1) is 10.5. The summed E-state index contributed by atoms with van der Waals surface area (Å²) < 4.78 is 1.08. The van der Waals surface area contributed by atoms with Gasteiger partial charge >= 0.3 is 0 Å². The molecule has 2 aromatic carbocycles. The summed E-state index contributed by atoms with van der Waals surface area (Å²) in [5.41, 5.74) is 5.35. The molecule has 1 spiro atoms. The fraction of sp³-hybridized carbons (Fsp3) is 0.222. The molecule has 0 fully saturated rings. The summed E-state index contributed by atoms with van der Waals surface area (Å²) in [6.07, 6.45) is 2.33. The van der Waals surface area contributed by atoms with Gasteiger partial charge in [-0.25, -0.2) is 0 Å². The van der Waals surface area contributed by atoms with Crippen molar-refractivity contribution < 1.29 is 0 Å². The van der Waals surface area contributed by atoms with Crippen molar-refractivity contribution in [1.82, 2.24) is 0 Å². The first kappa shape index (κ1) is 14.7. The van der Waals surface area contributed by atoms with Gasteiger partial charge in [0, 0.05) is 21.3 Å². The van der Waals surface area contributed by atoms with Crippen LogP contribution in [-0.2, 0) is 0 Å². The molecular formula is C18H16BrNS2. The van der Waals surface area contributed by atoms with Crippen LogP contribution in [0.2, 0.25) is 0 Å². The van der Waals surface area contributed by atoms with Crippen LogP contribution in [0.15, 0.2) is 56.2 Å². The lowest BCUT2D eigenvalue weighted by molar-refractivity contribution is 0.885. The molecule has 0 aromatic heterocycles. The van der Waals surface area contributed by atoms with Gasteiger partial charge in [0.05, 0.1) is 5.69 Å². The fourth-order valence-corrected chi connectivity index (χ4v) is 6.59. The molecule has 22 heavy (non-hydrogen) atoms. The van der Waals surface area contributed by atoms with Crippen molar-refractivity contribution in [3.63, 3.8) is 0 Å². The molecule has 1 unspecified atom stereocenters. The smallest absolute Gasteiger partial charge is 0.164 e. The number of fused-ring (bicyclic) bond motifs is 2. The van der Waals surface area contributed by atoms with E-state index in [4.69, 9.17) is 0 Å². The molecular weight excluding hydrogens is 374 g/mol. The quantitative estimate of drug-likeness (QED) is 0.530. The van der Waals surface area contributed by atoms with E-state index in [-0.39, 0.29) is 4.20 Å². The Morgan fingerprint density at radius 3 is 2.59 bits per heavy atom. The van der Waals surface area contributed by atoms with Crippen molar-refractivity contribution in [2.24, 2.45) is 0 Å². The molecule has 2 aromatic rings. The van der Waals surface area contributed by atoms with E-state index >= 15 is 0 Å². The Morgan fingerprint density at radius 1 is 1.00 bits per heavy atom. The summed E-state index contributed by atoms with van der Waals surface area (Å²) in [5, 5.41) is 0. The van der Waals surface area contributed by atoms with Gasteiger partial charge in [-0.3, -0.25) is 0 Å². The molecule has 0 N–H and O–H groups in total. The van der Waals surface area contributed by atoms with Crippen molar-refractivity contribution in [2.45, 2.75) is 27.8 Å². The van der Waals surface area contributed by atoms with Crippen LogP contribution in [0.3, 0.4) is 0 Å². The number of anilines is 1. The van der Waals surface area contributed by atoms with Gasteiger partial charge in [0.25, 0.3) is 0 Å². The predicted molar refractivity (Wildman–Crippen MR) is 102 cm³/mol. The van der Waals surface area contributed by atoms with Crippen LogP contribution < -0.4 is 4.90 Å². The van der Waals surface area contributed by atoms with Crippen LogP contribution >= 0.6 is 39.5 Å². The Balaban J connectivity index is 1.83. The number of halogens is 1. The summed E-state index contributed by atoms with van der Waals surface area (Å²) in [4.78, 5) is 5.15. The molecule has 0 saturated heterocycles. The highest BCUT2D eigenvalue weighted by molar-refractivity contribution is 9.10. The van der Waals surface area contributed by atoms with Gasteiger partial charge in [0.1, 0.15) is 0 Å². The second-order valence-corrected chi connectivity index (χ2v) is 9.47. The number of nitrogens with zero attached hydrogens (tertiary/aromatic N) is 1. The van der Waals surface area contributed by atoms with Gasteiger partial charge in [0.15, 0.2) is 4.20 Å². The third kappa shape index (κ3) is 2.08. The highest BCUT2D eigenvalue weighted by Crippen LogP contribution is 2.62. The molecule has 0 radical (unpaired) electrons. The lowest BCUT2D eigenvalue weighted by Crippen LogP contribution is -2.39. The Morgan fingerprint density at radius 2 is 1.77 bits per heavy atom. The molecule has 2 heterocycles. The van der Waals surface area contributed by atoms with Gasteiger partial charge in [-0.15, -0.1) is 0 Å². The molecule has 0 amide bonds. The maximum absolute atomic E-state index is 3.57. The molecule has 4 rings (SSSR count). The van der Waals surface area contributed by atoms with Gasteiger partial charge in [0.2, 0.25) is 0 Å². The Bertz CT molecular complexity index is 815. The van der Waals surface area contributed by atoms with E-state index in [0.717, 1.165) is 4.47 Å². The number of rotatable bonds is 0. The molecule has 0 saturated carbocycles. The van der Waals surface area contributed by atoms with Gasteiger partial charge in [-0.1, -0.05) is 51.6 Å². The third-order valence-corrected chi connectivity index (χ3v) is 8.13. The van der Waals surface area contributed by atoms with Crippen LogP contribution in [0.25, 0.3) is 6.08 Å². The second kappa shape index (κ2) is 5.08. The van der Waals surface area contributed by atoms with Gasteiger partial charge in [-0.2, -0.15) is 0 Å². The first-order valence-electron chi connectivity index (χ1n) is 7.20. The first-order valence-corrected chi connectivity index (χ1v) is 9.63. The summed E-state index contributed by atoms with van der Waals surface area (Å²) in [6, 6.07) is 13.3. The average Bonchev–Trinajstić information content (AvgIpc) is 2.74. The second-order valence-electron chi connectivity index (χ2n) is 5.83. The Kier molecular flexibility index (Phi) is 3.40. The topological polar surface area (TPSA) is 3.24 Å². The molecule has 1 nitrogen and oxygen atoms in total. The zero-order chi connectivity index (χ0) is 15.5. The minimum absolute atomic E-state index is 0.0586. The van der Waals surface area contributed by atoms with Crippen molar-refractivity contribution in [3.05, 3.63) is 57.6 Å². The van der Waals surface area contributed by atoms with Crippen molar-refractivity contribution in [2.75, 3.05) is 11.9 Å². The Hall–Kier alpha value is -0.840. The largest absolute Gasteiger partial charge is 0.347 e. The monoisotopic (exact) mass is 389 g/mol. The van der Waals surface area contributed by atoms with Crippen molar-refractivity contribution in [3.8, 4) is 0 Å². The van der Waals surface area contributed by atoms with Gasteiger partial charge in [-0.05, 0) is 60.9 Å². The highest BCUT2D eigenvalue weighted by Gasteiger charge is 2.47. The van der Waals surface area contributed by atoms with E-state index in [0.29, 0.717) is 0 Å². The van der Waals surface area contributed by atoms with E-state index in [1.807, 2.05) is 23.5 Å².